The number of carbonyl (C=O) groups excluding carboxylic acids is 1. The highest BCUT2D eigenvalue weighted by Gasteiger charge is 2.19. The van der Waals surface area contributed by atoms with Crippen LogP contribution in [-0.4, -0.2) is 42.2 Å². The molecule has 0 saturated carbocycles. The zero-order valence-electron chi connectivity index (χ0n) is 12.1. The first-order valence-corrected chi connectivity index (χ1v) is 7.82. The maximum absolute atomic E-state index is 12.4. The van der Waals surface area contributed by atoms with Crippen molar-refractivity contribution in [2.75, 3.05) is 36.5 Å². The second-order valence-electron chi connectivity index (χ2n) is 4.89. The van der Waals surface area contributed by atoms with E-state index in [1.807, 2.05) is 0 Å². The number of nitrogens with one attached hydrogen (secondary N) is 1. The minimum atomic E-state index is -0.431. The smallest absolute Gasteiger partial charge is 0.275 e. The fourth-order valence-electron chi connectivity index (χ4n) is 2.28. The highest BCUT2D eigenvalue weighted by atomic mass is 35.5. The molecule has 3 rings (SSSR count). The summed E-state index contributed by atoms with van der Waals surface area (Å²) < 4.78 is 5.34. The van der Waals surface area contributed by atoms with Gasteiger partial charge in [-0.1, -0.05) is 23.2 Å². The quantitative estimate of drug-likeness (QED) is 0.860. The first kappa shape index (κ1) is 16.0. The largest absolute Gasteiger partial charge is 0.378 e. The summed E-state index contributed by atoms with van der Waals surface area (Å²) in [4.78, 5) is 22.8. The Bertz CT molecular complexity index is 720. The van der Waals surface area contributed by atoms with Crippen LogP contribution in [0.5, 0.6) is 0 Å². The van der Waals surface area contributed by atoms with Gasteiger partial charge < -0.3 is 15.0 Å². The van der Waals surface area contributed by atoms with E-state index in [-0.39, 0.29) is 15.9 Å². The Balaban J connectivity index is 1.85. The summed E-state index contributed by atoms with van der Waals surface area (Å²) in [6, 6.07) is 6.61. The molecule has 0 radical (unpaired) electrons. The normalized spacial score (nSPS) is 14.6. The van der Waals surface area contributed by atoms with Crippen molar-refractivity contribution in [1.29, 1.82) is 0 Å². The predicted octanol–water partition coefficient (Wildman–Crippen LogP) is 2.87. The van der Waals surface area contributed by atoms with Gasteiger partial charge in [0.15, 0.2) is 5.82 Å². The van der Waals surface area contributed by atoms with Gasteiger partial charge >= 0.3 is 0 Å². The lowest BCUT2D eigenvalue weighted by molar-refractivity contribution is 0.102. The number of hydrogen-bond acceptors (Lipinski definition) is 5. The van der Waals surface area contributed by atoms with Gasteiger partial charge in [0.2, 0.25) is 0 Å². The average molecular weight is 353 g/mol. The van der Waals surface area contributed by atoms with E-state index in [0.717, 1.165) is 13.1 Å². The molecular formula is C15H14Cl2N4O2. The van der Waals surface area contributed by atoms with E-state index in [1.54, 1.807) is 18.3 Å². The monoisotopic (exact) mass is 352 g/mol. The molecule has 1 N–H and O–H groups in total. The van der Waals surface area contributed by atoms with Crippen LogP contribution < -0.4 is 10.2 Å². The van der Waals surface area contributed by atoms with E-state index in [9.17, 15) is 4.79 Å². The third-order valence-corrected chi connectivity index (χ3v) is 3.89. The molecule has 1 aliphatic rings. The Morgan fingerprint density at radius 3 is 2.78 bits per heavy atom. The fraction of sp³-hybridized carbons (Fsp3) is 0.267. The minimum absolute atomic E-state index is 0.0796. The van der Waals surface area contributed by atoms with Crippen LogP contribution >= 0.6 is 23.2 Å². The lowest BCUT2D eigenvalue weighted by atomic mass is 10.3. The maximum atomic E-state index is 12.4. The van der Waals surface area contributed by atoms with Gasteiger partial charge in [-0.3, -0.25) is 4.79 Å². The molecule has 0 spiro atoms. The molecule has 8 heteroatoms. The average Bonchev–Trinajstić information content (AvgIpc) is 2.58. The minimum Gasteiger partial charge on any atom is -0.378 e. The van der Waals surface area contributed by atoms with E-state index in [4.69, 9.17) is 27.9 Å². The zero-order chi connectivity index (χ0) is 16.2. The number of morpholine rings is 1. The van der Waals surface area contributed by atoms with Gasteiger partial charge in [-0.15, -0.1) is 0 Å². The van der Waals surface area contributed by atoms with Crippen molar-refractivity contribution < 1.29 is 9.53 Å². The van der Waals surface area contributed by atoms with Gasteiger partial charge in [0, 0.05) is 19.3 Å². The van der Waals surface area contributed by atoms with Crippen LogP contribution in [0.1, 0.15) is 10.5 Å². The highest BCUT2D eigenvalue weighted by Crippen LogP contribution is 2.25. The summed E-state index contributed by atoms with van der Waals surface area (Å²) in [5, 5.41) is 3.25. The SMILES string of the molecule is O=C(Nc1cccnc1N1CCOCC1)c1nc(Cl)ccc1Cl. The molecule has 2 aromatic rings. The number of ether oxygens (including phenoxy) is 1. The van der Waals surface area contributed by atoms with Crippen LogP contribution in [0.25, 0.3) is 0 Å². The van der Waals surface area contributed by atoms with Crippen LogP contribution in [0.15, 0.2) is 30.5 Å². The molecule has 0 atom stereocenters. The van der Waals surface area contributed by atoms with Crippen molar-refractivity contribution >= 4 is 40.6 Å². The van der Waals surface area contributed by atoms with Crippen molar-refractivity contribution in [2.24, 2.45) is 0 Å². The number of amides is 1. The van der Waals surface area contributed by atoms with Gasteiger partial charge in [0.25, 0.3) is 5.91 Å². The molecule has 2 aromatic heterocycles. The first-order chi connectivity index (χ1) is 11.1. The molecule has 23 heavy (non-hydrogen) atoms. The van der Waals surface area contributed by atoms with Crippen molar-refractivity contribution in [3.8, 4) is 0 Å². The van der Waals surface area contributed by atoms with Crippen LogP contribution in [0.3, 0.4) is 0 Å². The first-order valence-electron chi connectivity index (χ1n) is 7.06. The van der Waals surface area contributed by atoms with E-state index < -0.39 is 5.91 Å². The number of aromatic nitrogens is 2. The Morgan fingerprint density at radius 2 is 2.00 bits per heavy atom. The lowest BCUT2D eigenvalue weighted by Gasteiger charge is -2.29. The van der Waals surface area contributed by atoms with Gasteiger partial charge in [-0.25, -0.2) is 9.97 Å². The third kappa shape index (κ3) is 3.72. The number of carbonyl (C=O) groups is 1. The number of rotatable bonds is 3. The van der Waals surface area contributed by atoms with E-state index >= 15 is 0 Å². The zero-order valence-corrected chi connectivity index (χ0v) is 13.6. The Labute approximate surface area is 143 Å². The predicted molar refractivity (Wildman–Crippen MR) is 89.5 cm³/mol. The molecule has 0 bridgehead atoms. The van der Waals surface area contributed by atoms with Gasteiger partial charge in [0.1, 0.15) is 10.8 Å². The number of hydrogen-bond donors (Lipinski definition) is 1. The Morgan fingerprint density at radius 1 is 1.22 bits per heavy atom. The molecule has 0 aromatic carbocycles. The summed E-state index contributed by atoms with van der Waals surface area (Å²) in [7, 11) is 0. The van der Waals surface area contributed by atoms with Crippen LogP contribution in [0, 0.1) is 0 Å². The number of halogens is 2. The highest BCUT2D eigenvalue weighted by molar-refractivity contribution is 6.35. The van der Waals surface area contributed by atoms with Crippen LogP contribution in [0.2, 0.25) is 10.2 Å². The summed E-state index contributed by atoms with van der Waals surface area (Å²) >= 11 is 11.9. The molecule has 3 heterocycles. The summed E-state index contributed by atoms with van der Waals surface area (Å²) in [6.45, 7) is 2.70. The number of nitrogens with zero attached hydrogens (tertiary/aromatic N) is 3. The van der Waals surface area contributed by atoms with Gasteiger partial charge in [-0.2, -0.15) is 0 Å². The Hall–Kier alpha value is -1.89. The summed E-state index contributed by atoms with van der Waals surface area (Å²) in [5.41, 5.74) is 0.674. The fourth-order valence-corrected chi connectivity index (χ4v) is 2.62. The van der Waals surface area contributed by atoms with Crippen LogP contribution in [0.4, 0.5) is 11.5 Å². The molecule has 1 fully saturated rings. The molecule has 1 saturated heterocycles. The maximum Gasteiger partial charge on any atom is 0.275 e. The lowest BCUT2D eigenvalue weighted by Crippen LogP contribution is -2.37. The number of pyridine rings is 2. The van der Waals surface area contributed by atoms with Crippen molar-refractivity contribution in [3.05, 3.63) is 46.3 Å². The van der Waals surface area contributed by atoms with E-state index in [1.165, 1.54) is 12.1 Å². The number of anilines is 2. The third-order valence-electron chi connectivity index (χ3n) is 3.37. The van der Waals surface area contributed by atoms with Crippen molar-refractivity contribution in [2.45, 2.75) is 0 Å². The molecule has 0 aliphatic carbocycles. The molecule has 120 valence electrons. The second-order valence-corrected chi connectivity index (χ2v) is 5.69. The van der Waals surface area contributed by atoms with E-state index in [0.29, 0.717) is 24.7 Å². The van der Waals surface area contributed by atoms with Crippen LogP contribution in [-0.2, 0) is 4.74 Å². The molecule has 6 nitrogen and oxygen atoms in total. The Kier molecular flexibility index (Phi) is 4.95. The molecule has 1 aliphatic heterocycles. The summed E-state index contributed by atoms with van der Waals surface area (Å²) in [5.74, 6) is 0.266. The summed E-state index contributed by atoms with van der Waals surface area (Å²) in [6.07, 6.45) is 1.69. The van der Waals surface area contributed by atoms with Crippen molar-refractivity contribution in [3.63, 3.8) is 0 Å². The van der Waals surface area contributed by atoms with Gasteiger partial charge in [0.05, 0.1) is 23.9 Å². The second kappa shape index (κ2) is 7.12. The standard InChI is InChI=1S/C15H14Cl2N4O2/c16-10-3-4-12(17)20-13(10)15(22)19-11-2-1-5-18-14(11)21-6-8-23-9-7-21/h1-5H,6-9H2,(H,19,22). The molecular weight excluding hydrogens is 339 g/mol. The van der Waals surface area contributed by atoms with Crippen molar-refractivity contribution in [1.82, 2.24) is 9.97 Å². The van der Waals surface area contributed by atoms with E-state index in [2.05, 4.69) is 20.2 Å². The molecule has 1 amide bonds. The van der Waals surface area contributed by atoms with Gasteiger partial charge in [-0.05, 0) is 24.3 Å². The topological polar surface area (TPSA) is 67.4 Å². The molecule has 0 unspecified atom stereocenters.